The van der Waals surface area contributed by atoms with Gasteiger partial charge in [0.05, 0.1) is 23.2 Å². The Morgan fingerprint density at radius 3 is 2.38 bits per heavy atom. The summed E-state index contributed by atoms with van der Waals surface area (Å²) in [6.07, 6.45) is 1.31. The number of carboxylic acid groups (broad SMARTS) is 1. The van der Waals surface area contributed by atoms with E-state index in [0.717, 1.165) is 0 Å². The first-order valence-corrected chi connectivity index (χ1v) is 7.83. The fourth-order valence-electron chi connectivity index (χ4n) is 1.61. The first-order chi connectivity index (χ1) is 9.85. The quantitative estimate of drug-likeness (QED) is 0.822. The average molecular weight is 327 g/mol. The van der Waals surface area contributed by atoms with Crippen molar-refractivity contribution in [3.63, 3.8) is 0 Å². The van der Waals surface area contributed by atoms with Crippen LogP contribution in [0.3, 0.4) is 0 Å². The maximum absolute atomic E-state index is 12.0. The van der Waals surface area contributed by atoms with E-state index in [0.29, 0.717) is 11.3 Å². The third-order valence-corrected chi connectivity index (χ3v) is 4.04. The van der Waals surface area contributed by atoms with Gasteiger partial charge in [0.25, 0.3) is 0 Å². The van der Waals surface area contributed by atoms with Crippen LogP contribution in [0.25, 0.3) is 0 Å². The monoisotopic (exact) mass is 326 g/mol. The molecule has 0 radical (unpaired) electrons. The van der Waals surface area contributed by atoms with E-state index in [1.165, 1.54) is 42.6 Å². The van der Waals surface area contributed by atoms with Crippen molar-refractivity contribution in [3.8, 4) is 0 Å². The Kier molecular flexibility index (Phi) is 4.44. The molecule has 0 fully saturated rings. The van der Waals surface area contributed by atoms with Gasteiger partial charge in [0.2, 0.25) is 10.0 Å². The lowest BCUT2D eigenvalue weighted by Crippen LogP contribution is -2.15. The van der Waals surface area contributed by atoms with Crippen LogP contribution in [0.15, 0.2) is 42.6 Å². The summed E-state index contributed by atoms with van der Waals surface area (Å²) in [5.41, 5.74) is 0.891. The van der Waals surface area contributed by atoms with Gasteiger partial charge < -0.3 is 5.11 Å². The molecule has 1 aromatic heterocycles. The summed E-state index contributed by atoms with van der Waals surface area (Å²) >= 11 is 5.62. The Balaban J connectivity index is 2.10. The zero-order chi connectivity index (χ0) is 15.5. The number of hydrogen-bond acceptors (Lipinski definition) is 4. The molecule has 8 heteroatoms. The minimum absolute atomic E-state index is 0.103. The summed E-state index contributed by atoms with van der Waals surface area (Å²) in [6, 6.07) is 8.61. The van der Waals surface area contributed by atoms with Crippen molar-refractivity contribution in [1.82, 2.24) is 4.98 Å². The normalized spacial score (nSPS) is 11.1. The SMILES string of the molecule is O=C(O)c1ccc(CS(=O)(=O)Nc2ccc(Cl)nc2)cc1. The molecule has 0 unspecified atom stereocenters. The highest BCUT2D eigenvalue weighted by atomic mass is 35.5. The van der Waals surface area contributed by atoms with Crippen LogP contribution in [-0.2, 0) is 15.8 Å². The predicted molar refractivity (Wildman–Crippen MR) is 78.9 cm³/mol. The third kappa shape index (κ3) is 4.44. The molecule has 0 atom stereocenters. The van der Waals surface area contributed by atoms with Crippen LogP contribution in [0.2, 0.25) is 5.15 Å². The highest BCUT2D eigenvalue weighted by molar-refractivity contribution is 7.91. The zero-order valence-corrected chi connectivity index (χ0v) is 12.2. The minimum Gasteiger partial charge on any atom is -0.478 e. The molecule has 6 nitrogen and oxygen atoms in total. The highest BCUT2D eigenvalue weighted by Gasteiger charge is 2.12. The predicted octanol–water partition coefficient (Wildman–Crippen LogP) is 2.38. The van der Waals surface area contributed by atoms with Crippen molar-refractivity contribution in [2.75, 3.05) is 4.72 Å². The van der Waals surface area contributed by atoms with Crippen molar-refractivity contribution in [2.45, 2.75) is 5.75 Å². The number of halogens is 1. The van der Waals surface area contributed by atoms with Crippen molar-refractivity contribution in [3.05, 3.63) is 58.9 Å². The Morgan fingerprint density at radius 2 is 1.86 bits per heavy atom. The van der Waals surface area contributed by atoms with Gasteiger partial charge in [-0.05, 0) is 29.8 Å². The molecule has 21 heavy (non-hydrogen) atoms. The lowest BCUT2D eigenvalue weighted by Gasteiger charge is -2.08. The fourth-order valence-corrected chi connectivity index (χ4v) is 2.91. The number of nitrogens with one attached hydrogen (secondary N) is 1. The molecule has 0 amide bonds. The van der Waals surface area contributed by atoms with E-state index in [9.17, 15) is 13.2 Å². The molecular weight excluding hydrogens is 316 g/mol. The van der Waals surface area contributed by atoms with Crippen LogP contribution in [0.1, 0.15) is 15.9 Å². The molecule has 0 saturated carbocycles. The molecular formula is C13H11ClN2O4S. The van der Waals surface area contributed by atoms with E-state index in [1.807, 2.05) is 0 Å². The molecule has 2 aromatic rings. The molecule has 0 saturated heterocycles. The van der Waals surface area contributed by atoms with Crippen LogP contribution in [0.5, 0.6) is 0 Å². The van der Waals surface area contributed by atoms with Crippen LogP contribution in [0.4, 0.5) is 5.69 Å². The number of sulfonamides is 1. The second-order valence-electron chi connectivity index (χ2n) is 4.23. The first-order valence-electron chi connectivity index (χ1n) is 5.80. The number of rotatable bonds is 5. The van der Waals surface area contributed by atoms with Gasteiger partial charge >= 0.3 is 5.97 Å². The number of aromatic nitrogens is 1. The van der Waals surface area contributed by atoms with Gasteiger partial charge in [-0.25, -0.2) is 18.2 Å². The molecule has 0 spiro atoms. The topological polar surface area (TPSA) is 96.4 Å². The third-order valence-electron chi connectivity index (χ3n) is 2.56. The van der Waals surface area contributed by atoms with Crippen LogP contribution < -0.4 is 4.72 Å². The molecule has 0 aliphatic heterocycles. The minimum atomic E-state index is -3.61. The maximum Gasteiger partial charge on any atom is 0.335 e. The van der Waals surface area contributed by atoms with Crippen molar-refractivity contribution in [1.29, 1.82) is 0 Å². The van der Waals surface area contributed by atoms with Crippen LogP contribution in [0, 0.1) is 0 Å². The zero-order valence-electron chi connectivity index (χ0n) is 10.7. The molecule has 0 aliphatic carbocycles. The summed E-state index contributed by atoms with van der Waals surface area (Å²) in [5.74, 6) is -1.33. The number of carboxylic acids is 1. The van der Waals surface area contributed by atoms with Crippen molar-refractivity contribution < 1.29 is 18.3 Å². The maximum atomic E-state index is 12.0. The first kappa shape index (κ1) is 15.3. The summed E-state index contributed by atoms with van der Waals surface area (Å²) < 4.78 is 26.3. The van der Waals surface area contributed by atoms with Crippen molar-refractivity contribution >= 4 is 33.3 Å². The largest absolute Gasteiger partial charge is 0.478 e. The number of pyridine rings is 1. The van der Waals surface area contributed by atoms with Gasteiger partial charge in [-0.2, -0.15) is 0 Å². The van der Waals surface area contributed by atoms with E-state index >= 15 is 0 Å². The molecule has 110 valence electrons. The van der Waals surface area contributed by atoms with Gasteiger partial charge in [0.15, 0.2) is 0 Å². The van der Waals surface area contributed by atoms with Gasteiger partial charge in [0, 0.05) is 0 Å². The number of carbonyl (C=O) groups is 1. The van der Waals surface area contributed by atoms with Crippen LogP contribution >= 0.6 is 11.6 Å². The number of anilines is 1. The Hall–Kier alpha value is -2.12. The van der Waals surface area contributed by atoms with Gasteiger partial charge in [-0.3, -0.25) is 4.72 Å². The fraction of sp³-hybridized carbons (Fsp3) is 0.0769. The lowest BCUT2D eigenvalue weighted by atomic mass is 10.1. The van der Waals surface area contributed by atoms with Gasteiger partial charge in [-0.15, -0.1) is 0 Å². The second-order valence-corrected chi connectivity index (χ2v) is 6.34. The average Bonchev–Trinajstić information content (AvgIpc) is 2.41. The van der Waals surface area contributed by atoms with Crippen molar-refractivity contribution in [2.24, 2.45) is 0 Å². The van der Waals surface area contributed by atoms with Gasteiger partial charge in [0.1, 0.15) is 5.15 Å². The smallest absolute Gasteiger partial charge is 0.335 e. The number of nitrogens with zero attached hydrogens (tertiary/aromatic N) is 1. The molecule has 1 aromatic carbocycles. The van der Waals surface area contributed by atoms with E-state index in [2.05, 4.69) is 9.71 Å². The molecule has 0 bridgehead atoms. The molecule has 1 heterocycles. The summed E-state index contributed by atoms with van der Waals surface area (Å²) in [5, 5.41) is 9.04. The van der Waals surface area contributed by atoms with Crippen LogP contribution in [-0.4, -0.2) is 24.5 Å². The highest BCUT2D eigenvalue weighted by Crippen LogP contribution is 2.14. The standard InChI is InChI=1S/C13H11ClN2O4S/c14-12-6-5-11(7-15-12)16-21(19,20)8-9-1-3-10(4-2-9)13(17)18/h1-7,16H,8H2,(H,17,18). The Bertz CT molecular complexity index is 743. The summed E-state index contributed by atoms with van der Waals surface area (Å²) in [7, 11) is -3.61. The van der Waals surface area contributed by atoms with E-state index in [4.69, 9.17) is 16.7 Å². The molecule has 2 rings (SSSR count). The van der Waals surface area contributed by atoms with E-state index < -0.39 is 16.0 Å². The summed E-state index contributed by atoms with van der Waals surface area (Å²) in [4.78, 5) is 14.5. The van der Waals surface area contributed by atoms with Gasteiger partial charge in [-0.1, -0.05) is 23.7 Å². The van der Waals surface area contributed by atoms with E-state index in [-0.39, 0.29) is 16.5 Å². The summed E-state index contributed by atoms with van der Waals surface area (Å²) in [6.45, 7) is 0. The number of aromatic carboxylic acids is 1. The Morgan fingerprint density at radius 1 is 1.19 bits per heavy atom. The molecule has 2 N–H and O–H groups in total. The molecule has 0 aliphatic rings. The number of hydrogen-bond donors (Lipinski definition) is 2. The van der Waals surface area contributed by atoms with E-state index in [1.54, 1.807) is 0 Å². The number of benzene rings is 1. The lowest BCUT2D eigenvalue weighted by molar-refractivity contribution is 0.0697. The Labute approximate surface area is 126 Å². The second kappa shape index (κ2) is 6.11.